The Hall–Kier alpha value is -1.66. The summed E-state index contributed by atoms with van der Waals surface area (Å²) < 4.78 is 11.6. The average molecular weight is 259 g/mol. The van der Waals surface area contributed by atoms with Crippen molar-refractivity contribution >= 4 is 0 Å². The van der Waals surface area contributed by atoms with Crippen LogP contribution in [0, 0.1) is 12.3 Å². The molecule has 2 N–H and O–H groups in total. The molecule has 0 bridgehead atoms. The molecule has 0 radical (unpaired) electrons. The van der Waals surface area contributed by atoms with Crippen LogP contribution < -0.4 is 15.2 Å². The highest BCUT2D eigenvalue weighted by Crippen LogP contribution is 2.39. The molecule has 19 heavy (non-hydrogen) atoms. The van der Waals surface area contributed by atoms with E-state index in [0.29, 0.717) is 6.61 Å². The van der Waals surface area contributed by atoms with Gasteiger partial charge in [0.2, 0.25) is 0 Å². The first-order valence-corrected chi connectivity index (χ1v) is 6.67. The molecule has 1 heterocycles. The number of nitrogens with two attached hydrogens (primary N) is 1. The summed E-state index contributed by atoms with van der Waals surface area (Å²) in [6.07, 6.45) is 7.62. The fraction of sp³-hybridized carbons (Fsp3) is 0.500. The monoisotopic (exact) mass is 259 g/mol. The predicted molar refractivity (Wildman–Crippen MR) is 76.3 cm³/mol. The quantitative estimate of drug-likeness (QED) is 0.667. The van der Waals surface area contributed by atoms with Gasteiger partial charge in [-0.1, -0.05) is 6.07 Å². The van der Waals surface area contributed by atoms with Crippen molar-refractivity contribution in [3.05, 3.63) is 23.8 Å². The Morgan fingerprint density at radius 3 is 3.05 bits per heavy atom. The number of hydrogen-bond donors (Lipinski definition) is 1. The van der Waals surface area contributed by atoms with E-state index in [0.717, 1.165) is 36.3 Å². The minimum atomic E-state index is -0.228. The van der Waals surface area contributed by atoms with Gasteiger partial charge >= 0.3 is 0 Å². The highest BCUT2D eigenvalue weighted by molar-refractivity contribution is 5.44. The van der Waals surface area contributed by atoms with Crippen molar-refractivity contribution in [2.75, 3.05) is 6.61 Å². The molecule has 0 fully saturated rings. The fourth-order valence-electron chi connectivity index (χ4n) is 2.34. The third-order valence-corrected chi connectivity index (χ3v) is 3.22. The molecule has 0 aliphatic carbocycles. The first-order valence-electron chi connectivity index (χ1n) is 6.67. The topological polar surface area (TPSA) is 44.5 Å². The lowest BCUT2D eigenvalue weighted by Crippen LogP contribution is -2.37. The SMILES string of the molecule is C#CCCCOc1ccc2c(c1)OC(C)(C)CC2N. The Labute approximate surface area is 115 Å². The van der Waals surface area contributed by atoms with E-state index in [9.17, 15) is 0 Å². The van der Waals surface area contributed by atoms with E-state index in [2.05, 4.69) is 19.8 Å². The molecule has 3 nitrogen and oxygen atoms in total. The first kappa shape index (κ1) is 13.8. The molecule has 3 heteroatoms. The summed E-state index contributed by atoms with van der Waals surface area (Å²) in [7, 11) is 0. The molecular weight excluding hydrogens is 238 g/mol. The van der Waals surface area contributed by atoms with Crippen LogP contribution in [-0.4, -0.2) is 12.2 Å². The number of unbranched alkanes of at least 4 members (excludes halogenated alkanes) is 1. The van der Waals surface area contributed by atoms with E-state index in [1.165, 1.54) is 0 Å². The third kappa shape index (κ3) is 3.42. The summed E-state index contributed by atoms with van der Waals surface area (Å²) in [4.78, 5) is 0. The van der Waals surface area contributed by atoms with E-state index in [1.54, 1.807) is 0 Å². The van der Waals surface area contributed by atoms with E-state index in [1.807, 2.05) is 18.2 Å². The summed E-state index contributed by atoms with van der Waals surface area (Å²) in [5, 5.41) is 0. The van der Waals surface area contributed by atoms with Crippen LogP contribution in [0.3, 0.4) is 0 Å². The molecule has 1 aromatic carbocycles. The maximum Gasteiger partial charge on any atom is 0.128 e. The van der Waals surface area contributed by atoms with E-state index >= 15 is 0 Å². The Balaban J connectivity index is 2.08. The van der Waals surface area contributed by atoms with Crippen molar-refractivity contribution in [1.82, 2.24) is 0 Å². The van der Waals surface area contributed by atoms with Crippen molar-refractivity contribution < 1.29 is 9.47 Å². The summed E-state index contributed by atoms with van der Waals surface area (Å²) in [5.74, 6) is 4.24. The number of benzene rings is 1. The average Bonchev–Trinajstić information content (AvgIpc) is 2.32. The number of rotatable bonds is 4. The lowest BCUT2D eigenvalue weighted by atomic mass is 9.90. The van der Waals surface area contributed by atoms with E-state index in [-0.39, 0.29) is 11.6 Å². The van der Waals surface area contributed by atoms with Crippen LogP contribution in [0.1, 0.15) is 44.7 Å². The second-order valence-electron chi connectivity index (χ2n) is 5.53. The third-order valence-electron chi connectivity index (χ3n) is 3.22. The van der Waals surface area contributed by atoms with Crippen molar-refractivity contribution in [1.29, 1.82) is 0 Å². The molecule has 1 unspecified atom stereocenters. The smallest absolute Gasteiger partial charge is 0.128 e. The molecule has 2 rings (SSSR count). The molecule has 0 spiro atoms. The van der Waals surface area contributed by atoms with Crippen molar-refractivity contribution in [3.63, 3.8) is 0 Å². The molecule has 1 aliphatic rings. The standard InChI is InChI=1S/C16H21NO2/c1-4-5-6-9-18-12-7-8-13-14(17)11-16(2,3)19-15(13)10-12/h1,7-8,10,14H,5-6,9,11,17H2,2-3H3. The second kappa shape index (κ2) is 5.54. The van der Waals surface area contributed by atoms with Crippen molar-refractivity contribution in [2.45, 2.75) is 44.8 Å². The highest BCUT2D eigenvalue weighted by Gasteiger charge is 2.31. The van der Waals surface area contributed by atoms with Crippen LogP contribution in [0.25, 0.3) is 0 Å². The Morgan fingerprint density at radius 2 is 2.32 bits per heavy atom. The zero-order valence-corrected chi connectivity index (χ0v) is 11.6. The maximum absolute atomic E-state index is 6.17. The van der Waals surface area contributed by atoms with Gasteiger partial charge in [0.25, 0.3) is 0 Å². The Morgan fingerprint density at radius 1 is 1.53 bits per heavy atom. The lowest BCUT2D eigenvalue weighted by molar-refractivity contribution is 0.0724. The predicted octanol–water partition coefficient (Wildman–Crippen LogP) is 3.04. The zero-order valence-electron chi connectivity index (χ0n) is 11.6. The van der Waals surface area contributed by atoms with Crippen LogP contribution in [0.15, 0.2) is 18.2 Å². The molecule has 102 valence electrons. The van der Waals surface area contributed by atoms with Crippen molar-refractivity contribution in [3.8, 4) is 23.8 Å². The molecular formula is C16H21NO2. The summed E-state index contributed by atoms with van der Waals surface area (Å²) in [6.45, 7) is 4.73. The molecule has 1 atom stereocenters. The van der Waals surface area contributed by atoms with Crippen LogP contribution >= 0.6 is 0 Å². The van der Waals surface area contributed by atoms with Crippen molar-refractivity contribution in [2.24, 2.45) is 5.73 Å². The van der Waals surface area contributed by atoms with E-state index in [4.69, 9.17) is 21.6 Å². The number of fused-ring (bicyclic) bond motifs is 1. The maximum atomic E-state index is 6.17. The molecule has 1 aromatic rings. The van der Waals surface area contributed by atoms with Gasteiger partial charge in [-0.25, -0.2) is 0 Å². The summed E-state index contributed by atoms with van der Waals surface area (Å²) in [5.41, 5.74) is 6.99. The normalized spacial score (nSPS) is 20.0. The number of hydrogen-bond acceptors (Lipinski definition) is 3. The number of ether oxygens (including phenoxy) is 2. The van der Waals surface area contributed by atoms with Gasteiger partial charge in [-0.05, 0) is 26.3 Å². The van der Waals surface area contributed by atoms with Gasteiger partial charge in [-0.3, -0.25) is 0 Å². The minimum Gasteiger partial charge on any atom is -0.493 e. The molecule has 1 aliphatic heterocycles. The van der Waals surface area contributed by atoms with Crippen LogP contribution in [0.2, 0.25) is 0 Å². The Kier molecular flexibility index (Phi) is 4.01. The van der Waals surface area contributed by atoms with Gasteiger partial charge in [0.1, 0.15) is 17.1 Å². The van der Waals surface area contributed by atoms with Gasteiger partial charge in [-0.15, -0.1) is 12.3 Å². The molecule has 0 aromatic heterocycles. The van der Waals surface area contributed by atoms with E-state index < -0.39 is 0 Å². The van der Waals surface area contributed by atoms with Gasteiger partial charge in [0.05, 0.1) is 6.61 Å². The summed E-state index contributed by atoms with van der Waals surface area (Å²) in [6, 6.07) is 5.88. The largest absolute Gasteiger partial charge is 0.493 e. The first-order chi connectivity index (χ1) is 9.02. The number of terminal acetylenes is 1. The van der Waals surface area contributed by atoms with Gasteiger partial charge in [-0.2, -0.15) is 0 Å². The molecule has 0 amide bonds. The Bertz CT molecular complexity index is 488. The van der Waals surface area contributed by atoms with Gasteiger partial charge in [0, 0.05) is 30.5 Å². The van der Waals surface area contributed by atoms with Crippen LogP contribution in [0.4, 0.5) is 0 Å². The molecule has 0 saturated heterocycles. The summed E-state index contributed by atoms with van der Waals surface area (Å²) >= 11 is 0. The van der Waals surface area contributed by atoms with Crippen LogP contribution in [0.5, 0.6) is 11.5 Å². The second-order valence-corrected chi connectivity index (χ2v) is 5.53. The lowest BCUT2D eigenvalue weighted by Gasteiger charge is -2.36. The van der Waals surface area contributed by atoms with Gasteiger partial charge in [0.15, 0.2) is 0 Å². The highest BCUT2D eigenvalue weighted by atomic mass is 16.5. The fourth-order valence-corrected chi connectivity index (χ4v) is 2.34. The molecule has 0 saturated carbocycles. The van der Waals surface area contributed by atoms with Crippen LogP contribution in [-0.2, 0) is 0 Å². The zero-order chi connectivity index (χ0) is 13.9. The minimum absolute atomic E-state index is 0.0224. The van der Waals surface area contributed by atoms with Gasteiger partial charge < -0.3 is 15.2 Å².